The molecule has 1 fully saturated rings. The molecule has 1 aliphatic heterocycles. The normalized spacial score (nSPS) is 22.2. The molecule has 1 aromatic rings. The highest BCUT2D eigenvalue weighted by Crippen LogP contribution is 2.07. The summed E-state index contributed by atoms with van der Waals surface area (Å²) in [7, 11) is 3.85. The number of ketones is 1. The molecule has 1 unspecified atom stereocenters. The van der Waals surface area contributed by atoms with Crippen LogP contribution in [0, 0.1) is 0 Å². The Morgan fingerprint density at radius 1 is 1.62 bits per heavy atom. The fourth-order valence-corrected chi connectivity index (χ4v) is 1.82. The van der Waals surface area contributed by atoms with Crippen LogP contribution in [-0.4, -0.2) is 53.3 Å². The maximum absolute atomic E-state index is 11.9. The quantitative estimate of drug-likeness (QED) is 0.715. The molecule has 1 atom stereocenters. The topological polar surface area (TPSA) is 47.4 Å². The molecule has 1 aliphatic rings. The van der Waals surface area contributed by atoms with Gasteiger partial charge in [-0.1, -0.05) is 0 Å². The first-order valence-corrected chi connectivity index (χ1v) is 5.46. The van der Waals surface area contributed by atoms with Gasteiger partial charge in [0.1, 0.15) is 6.10 Å². The van der Waals surface area contributed by atoms with E-state index >= 15 is 0 Å². The number of hydrogen-bond acceptors (Lipinski definition) is 4. The monoisotopic (exact) mass is 223 g/mol. The molecule has 0 N–H and O–H groups in total. The lowest BCUT2D eigenvalue weighted by molar-refractivity contribution is -0.134. The largest absolute Gasteiger partial charge is 0.368 e. The Labute approximate surface area is 95.0 Å². The van der Waals surface area contributed by atoms with E-state index in [1.54, 1.807) is 4.68 Å². The predicted molar refractivity (Wildman–Crippen MR) is 59.2 cm³/mol. The molecule has 1 aromatic heterocycles. The molecule has 16 heavy (non-hydrogen) atoms. The fraction of sp³-hybridized carbons (Fsp3) is 0.636. The third-order valence-electron chi connectivity index (χ3n) is 2.75. The summed E-state index contributed by atoms with van der Waals surface area (Å²) in [6.07, 6.45) is 1.91. The van der Waals surface area contributed by atoms with Crippen molar-refractivity contribution < 1.29 is 9.53 Å². The SMILES string of the molecule is CN1CCOC(C(=O)Cc2ccn(C)n2)C1. The van der Waals surface area contributed by atoms with Crippen molar-refractivity contribution in [2.45, 2.75) is 12.5 Å². The van der Waals surface area contributed by atoms with Crippen LogP contribution < -0.4 is 0 Å². The molecule has 5 heteroatoms. The Morgan fingerprint density at radius 3 is 3.06 bits per heavy atom. The van der Waals surface area contributed by atoms with Crippen molar-refractivity contribution in [1.29, 1.82) is 0 Å². The molecule has 2 rings (SSSR count). The van der Waals surface area contributed by atoms with E-state index in [-0.39, 0.29) is 11.9 Å². The summed E-state index contributed by atoms with van der Waals surface area (Å²) in [6, 6.07) is 1.87. The zero-order valence-corrected chi connectivity index (χ0v) is 9.72. The molecular weight excluding hydrogens is 206 g/mol. The van der Waals surface area contributed by atoms with Gasteiger partial charge in [0.2, 0.25) is 0 Å². The van der Waals surface area contributed by atoms with Crippen molar-refractivity contribution in [2.75, 3.05) is 26.7 Å². The summed E-state index contributed by atoms with van der Waals surface area (Å²) >= 11 is 0. The lowest BCUT2D eigenvalue weighted by atomic mass is 10.1. The minimum absolute atomic E-state index is 0.116. The van der Waals surface area contributed by atoms with Crippen LogP contribution in [0.25, 0.3) is 0 Å². The van der Waals surface area contributed by atoms with Gasteiger partial charge in [-0.25, -0.2) is 0 Å². The van der Waals surface area contributed by atoms with Crippen LogP contribution in [0.15, 0.2) is 12.3 Å². The number of hydrogen-bond donors (Lipinski definition) is 0. The Hall–Kier alpha value is -1.20. The number of aryl methyl sites for hydroxylation is 1. The van der Waals surface area contributed by atoms with Gasteiger partial charge < -0.3 is 9.64 Å². The van der Waals surface area contributed by atoms with Crippen LogP contribution in [0.1, 0.15) is 5.69 Å². The van der Waals surface area contributed by atoms with Gasteiger partial charge >= 0.3 is 0 Å². The van der Waals surface area contributed by atoms with Gasteiger partial charge in [-0.05, 0) is 13.1 Å². The Bertz CT molecular complexity index is 375. The van der Waals surface area contributed by atoms with Crippen molar-refractivity contribution in [3.8, 4) is 0 Å². The van der Waals surface area contributed by atoms with Crippen molar-refractivity contribution in [1.82, 2.24) is 14.7 Å². The van der Waals surface area contributed by atoms with Gasteiger partial charge in [0.15, 0.2) is 5.78 Å². The molecule has 88 valence electrons. The Kier molecular flexibility index (Phi) is 3.36. The molecule has 2 heterocycles. The van der Waals surface area contributed by atoms with E-state index in [1.807, 2.05) is 26.4 Å². The smallest absolute Gasteiger partial charge is 0.168 e. The highest BCUT2D eigenvalue weighted by molar-refractivity contribution is 5.85. The van der Waals surface area contributed by atoms with Crippen LogP contribution in [0.2, 0.25) is 0 Å². The molecule has 1 saturated heterocycles. The van der Waals surface area contributed by atoms with Gasteiger partial charge in [0.05, 0.1) is 18.7 Å². The maximum atomic E-state index is 11.9. The van der Waals surface area contributed by atoms with Crippen molar-refractivity contribution in [3.63, 3.8) is 0 Å². The van der Waals surface area contributed by atoms with Crippen LogP contribution in [0.3, 0.4) is 0 Å². The molecule has 0 amide bonds. The van der Waals surface area contributed by atoms with Gasteiger partial charge in [-0.2, -0.15) is 5.10 Å². The minimum atomic E-state index is -0.291. The molecular formula is C11H17N3O2. The van der Waals surface area contributed by atoms with Crippen molar-refractivity contribution in [3.05, 3.63) is 18.0 Å². The first-order valence-electron chi connectivity index (χ1n) is 5.46. The lowest BCUT2D eigenvalue weighted by Gasteiger charge is -2.28. The fourth-order valence-electron chi connectivity index (χ4n) is 1.82. The van der Waals surface area contributed by atoms with E-state index in [0.29, 0.717) is 19.6 Å². The van der Waals surface area contributed by atoms with Gasteiger partial charge in [0.25, 0.3) is 0 Å². The van der Waals surface area contributed by atoms with Crippen molar-refractivity contribution >= 4 is 5.78 Å². The number of carbonyl (C=O) groups is 1. The summed E-state index contributed by atoms with van der Waals surface area (Å²) in [5.41, 5.74) is 0.810. The summed E-state index contributed by atoms with van der Waals surface area (Å²) < 4.78 is 7.17. The van der Waals surface area contributed by atoms with Gasteiger partial charge in [0, 0.05) is 26.3 Å². The van der Waals surface area contributed by atoms with Crippen LogP contribution in [0.5, 0.6) is 0 Å². The first kappa shape index (κ1) is 11.3. The average Bonchev–Trinajstić information content (AvgIpc) is 2.64. The summed E-state index contributed by atoms with van der Waals surface area (Å²) in [6.45, 7) is 2.22. The highest BCUT2D eigenvalue weighted by Gasteiger charge is 2.25. The second-order valence-corrected chi connectivity index (χ2v) is 4.25. The van der Waals surface area contributed by atoms with E-state index < -0.39 is 0 Å². The molecule has 5 nitrogen and oxygen atoms in total. The number of ether oxygens (including phenoxy) is 1. The highest BCUT2D eigenvalue weighted by atomic mass is 16.5. The predicted octanol–water partition coefficient (Wildman–Crippen LogP) is -0.138. The second-order valence-electron chi connectivity index (χ2n) is 4.25. The lowest BCUT2D eigenvalue weighted by Crippen LogP contribution is -2.44. The third-order valence-corrected chi connectivity index (χ3v) is 2.75. The van der Waals surface area contributed by atoms with Crippen LogP contribution in [-0.2, 0) is 23.0 Å². The Morgan fingerprint density at radius 2 is 2.44 bits per heavy atom. The number of likely N-dealkylation sites (N-methyl/N-ethyl adjacent to an activating group) is 1. The van der Waals surface area contributed by atoms with E-state index in [2.05, 4.69) is 10.00 Å². The third kappa shape index (κ3) is 2.68. The van der Waals surface area contributed by atoms with Gasteiger partial charge in [-0.3, -0.25) is 9.48 Å². The zero-order chi connectivity index (χ0) is 11.5. The Balaban J connectivity index is 1.92. The van der Waals surface area contributed by atoms with Crippen LogP contribution in [0.4, 0.5) is 0 Å². The molecule has 0 saturated carbocycles. The number of nitrogens with zero attached hydrogens (tertiary/aromatic N) is 3. The number of morpholine rings is 1. The first-order chi connectivity index (χ1) is 7.65. The summed E-state index contributed by atoms with van der Waals surface area (Å²) in [5, 5.41) is 4.19. The zero-order valence-electron chi connectivity index (χ0n) is 9.72. The van der Waals surface area contributed by atoms with Gasteiger partial charge in [-0.15, -0.1) is 0 Å². The van der Waals surface area contributed by atoms with Crippen molar-refractivity contribution in [2.24, 2.45) is 7.05 Å². The number of aromatic nitrogens is 2. The molecule has 0 radical (unpaired) electrons. The van der Waals surface area contributed by atoms with E-state index in [4.69, 9.17) is 4.74 Å². The average molecular weight is 223 g/mol. The number of carbonyl (C=O) groups excluding carboxylic acids is 1. The standard InChI is InChI=1S/C11H17N3O2/c1-13-5-6-16-11(8-13)10(15)7-9-3-4-14(2)12-9/h3-4,11H,5-8H2,1-2H3. The summed E-state index contributed by atoms with van der Waals surface area (Å²) in [5.74, 6) is 0.116. The second kappa shape index (κ2) is 4.76. The minimum Gasteiger partial charge on any atom is -0.368 e. The summed E-state index contributed by atoms with van der Waals surface area (Å²) in [4.78, 5) is 14.0. The molecule has 0 spiro atoms. The molecule has 0 aromatic carbocycles. The van der Waals surface area contributed by atoms with Crippen LogP contribution >= 0.6 is 0 Å². The molecule has 0 bridgehead atoms. The number of rotatable bonds is 3. The van der Waals surface area contributed by atoms with E-state index in [9.17, 15) is 4.79 Å². The van der Waals surface area contributed by atoms with E-state index in [1.165, 1.54) is 0 Å². The molecule has 0 aliphatic carbocycles. The maximum Gasteiger partial charge on any atom is 0.168 e. The number of Topliss-reactive ketones (excluding diaryl/α,β-unsaturated/α-hetero) is 1. The van der Waals surface area contributed by atoms with E-state index in [0.717, 1.165) is 12.2 Å².